The van der Waals surface area contributed by atoms with E-state index in [1.165, 1.54) is 6.92 Å². The minimum absolute atomic E-state index is 0.0443. The van der Waals surface area contributed by atoms with Crippen LogP contribution in [0.3, 0.4) is 0 Å². The summed E-state index contributed by atoms with van der Waals surface area (Å²) in [5.41, 5.74) is 1.09. The Hall–Kier alpha value is -0.880. The first-order valence-corrected chi connectivity index (χ1v) is 9.53. The fourth-order valence-electron chi connectivity index (χ4n) is 2.01. The summed E-state index contributed by atoms with van der Waals surface area (Å²) in [5, 5.41) is 1.78. The molecule has 6 heteroatoms. The normalized spacial score (nSPS) is 14.5. The van der Waals surface area contributed by atoms with Crippen molar-refractivity contribution in [2.75, 3.05) is 5.75 Å². The summed E-state index contributed by atoms with van der Waals surface area (Å²) >= 11 is 3.37. The van der Waals surface area contributed by atoms with E-state index in [1.807, 2.05) is 31.2 Å². The molecule has 2 unspecified atom stereocenters. The van der Waals surface area contributed by atoms with E-state index < -0.39 is 21.0 Å². The first-order chi connectivity index (χ1) is 9.76. The second-order valence-electron chi connectivity index (χ2n) is 5.25. The van der Waals surface area contributed by atoms with Gasteiger partial charge in [0.2, 0.25) is 5.91 Å². The fourth-order valence-corrected chi connectivity index (χ4v) is 3.59. The molecule has 0 saturated carbocycles. The lowest BCUT2D eigenvalue weighted by atomic mass is 10.1. The zero-order valence-corrected chi connectivity index (χ0v) is 15.0. The molecule has 118 valence electrons. The van der Waals surface area contributed by atoms with E-state index in [9.17, 15) is 13.2 Å². The van der Waals surface area contributed by atoms with Crippen LogP contribution in [-0.4, -0.2) is 31.4 Å². The molecular weight excluding hydrogens is 354 g/mol. The summed E-state index contributed by atoms with van der Waals surface area (Å²) in [4.78, 5) is 12.0. The number of sulfone groups is 1. The van der Waals surface area contributed by atoms with Gasteiger partial charge in [0.25, 0.3) is 0 Å². The van der Waals surface area contributed by atoms with Crippen LogP contribution < -0.4 is 5.32 Å². The molecule has 0 spiro atoms. The maximum absolute atomic E-state index is 12.0. The van der Waals surface area contributed by atoms with Gasteiger partial charge in [0.1, 0.15) is 5.25 Å². The van der Waals surface area contributed by atoms with Gasteiger partial charge >= 0.3 is 0 Å². The van der Waals surface area contributed by atoms with Crippen molar-refractivity contribution in [2.24, 2.45) is 0 Å². The second-order valence-corrected chi connectivity index (χ2v) is 8.61. The highest BCUT2D eigenvalue weighted by molar-refractivity contribution is 9.10. The molecule has 0 fully saturated rings. The van der Waals surface area contributed by atoms with Gasteiger partial charge in [-0.15, -0.1) is 0 Å². The van der Waals surface area contributed by atoms with E-state index in [4.69, 9.17) is 0 Å². The van der Waals surface area contributed by atoms with Gasteiger partial charge in [0, 0.05) is 10.5 Å². The lowest BCUT2D eigenvalue weighted by Crippen LogP contribution is -2.43. The van der Waals surface area contributed by atoms with E-state index in [-0.39, 0.29) is 11.8 Å². The Labute approximate surface area is 135 Å². The molecule has 4 nitrogen and oxygen atoms in total. The molecular formula is C15H22BrNO3S. The number of hydrogen-bond acceptors (Lipinski definition) is 3. The van der Waals surface area contributed by atoms with Crippen molar-refractivity contribution in [1.82, 2.24) is 5.32 Å². The Morgan fingerprint density at radius 1 is 1.24 bits per heavy atom. The molecule has 1 rings (SSSR count). The van der Waals surface area contributed by atoms with Crippen LogP contribution in [0.25, 0.3) is 0 Å². The van der Waals surface area contributed by atoms with Gasteiger partial charge in [0.05, 0.1) is 5.75 Å². The van der Waals surface area contributed by atoms with Gasteiger partial charge in [-0.2, -0.15) is 0 Å². The Balaban J connectivity index is 2.59. The molecule has 0 aliphatic rings. The molecule has 2 atom stereocenters. The standard InChI is InChI=1S/C15H22BrNO3S/c1-4-9-21(19,20)12(3)15(18)17-11(2)10-13-5-7-14(16)8-6-13/h5-8,11-12H,4,9-10H2,1-3H3,(H,17,18). The van der Waals surface area contributed by atoms with Gasteiger partial charge < -0.3 is 5.32 Å². The third kappa shape index (κ3) is 5.79. The van der Waals surface area contributed by atoms with Crippen LogP contribution in [0.5, 0.6) is 0 Å². The van der Waals surface area contributed by atoms with Gasteiger partial charge in [-0.1, -0.05) is 35.0 Å². The monoisotopic (exact) mass is 375 g/mol. The Morgan fingerprint density at radius 2 is 1.81 bits per heavy atom. The molecule has 0 bridgehead atoms. The molecule has 0 saturated heterocycles. The van der Waals surface area contributed by atoms with Crippen LogP contribution in [0, 0.1) is 0 Å². The summed E-state index contributed by atoms with van der Waals surface area (Å²) in [6.07, 6.45) is 1.19. The smallest absolute Gasteiger partial charge is 0.238 e. The van der Waals surface area contributed by atoms with Crippen molar-refractivity contribution in [3.63, 3.8) is 0 Å². The van der Waals surface area contributed by atoms with Crippen LogP contribution >= 0.6 is 15.9 Å². The zero-order valence-electron chi connectivity index (χ0n) is 12.6. The summed E-state index contributed by atoms with van der Waals surface area (Å²) in [7, 11) is -3.35. The molecule has 0 aliphatic heterocycles. The third-order valence-corrected chi connectivity index (χ3v) is 6.04. The number of rotatable bonds is 7. The Kier molecular flexibility index (Phi) is 6.87. The lowest BCUT2D eigenvalue weighted by Gasteiger charge is -2.18. The molecule has 21 heavy (non-hydrogen) atoms. The van der Waals surface area contributed by atoms with Crippen LogP contribution in [0.15, 0.2) is 28.7 Å². The summed E-state index contributed by atoms with van der Waals surface area (Å²) in [6, 6.07) is 7.72. The highest BCUT2D eigenvalue weighted by Crippen LogP contribution is 2.12. The van der Waals surface area contributed by atoms with Crippen LogP contribution in [0.1, 0.15) is 32.8 Å². The quantitative estimate of drug-likeness (QED) is 0.796. The van der Waals surface area contributed by atoms with Gasteiger partial charge in [-0.05, 0) is 44.4 Å². The largest absolute Gasteiger partial charge is 0.352 e. The van der Waals surface area contributed by atoms with Crippen LogP contribution in [0.2, 0.25) is 0 Å². The number of halogens is 1. The number of benzene rings is 1. The van der Waals surface area contributed by atoms with Crippen LogP contribution in [-0.2, 0) is 21.1 Å². The molecule has 1 aromatic carbocycles. The Morgan fingerprint density at radius 3 is 2.33 bits per heavy atom. The topological polar surface area (TPSA) is 63.2 Å². The number of carbonyl (C=O) groups excluding carboxylic acids is 1. The van der Waals surface area contributed by atoms with E-state index in [0.717, 1.165) is 10.0 Å². The fraction of sp³-hybridized carbons (Fsp3) is 0.533. The average molecular weight is 376 g/mol. The van der Waals surface area contributed by atoms with E-state index in [2.05, 4.69) is 21.2 Å². The average Bonchev–Trinajstić information content (AvgIpc) is 2.40. The lowest BCUT2D eigenvalue weighted by molar-refractivity contribution is -0.121. The zero-order chi connectivity index (χ0) is 16.0. The molecule has 1 aromatic rings. The van der Waals surface area contributed by atoms with Gasteiger partial charge in [-0.3, -0.25) is 4.79 Å². The first kappa shape index (κ1) is 18.2. The van der Waals surface area contributed by atoms with Crippen molar-refractivity contribution in [3.05, 3.63) is 34.3 Å². The van der Waals surface area contributed by atoms with Crippen molar-refractivity contribution in [3.8, 4) is 0 Å². The highest BCUT2D eigenvalue weighted by atomic mass is 79.9. The van der Waals surface area contributed by atoms with Crippen molar-refractivity contribution in [1.29, 1.82) is 0 Å². The summed E-state index contributed by atoms with van der Waals surface area (Å²) < 4.78 is 24.8. The minimum Gasteiger partial charge on any atom is -0.352 e. The van der Waals surface area contributed by atoms with Gasteiger partial charge in [-0.25, -0.2) is 8.42 Å². The molecule has 0 radical (unpaired) electrons. The summed E-state index contributed by atoms with van der Waals surface area (Å²) in [6.45, 7) is 5.12. The van der Waals surface area contributed by atoms with Crippen LogP contribution in [0.4, 0.5) is 0 Å². The predicted molar refractivity (Wildman–Crippen MR) is 89.0 cm³/mol. The number of carbonyl (C=O) groups is 1. The maximum atomic E-state index is 12.0. The highest BCUT2D eigenvalue weighted by Gasteiger charge is 2.27. The molecule has 0 aliphatic carbocycles. The van der Waals surface area contributed by atoms with E-state index >= 15 is 0 Å². The molecule has 1 amide bonds. The van der Waals surface area contributed by atoms with Crippen molar-refractivity contribution < 1.29 is 13.2 Å². The van der Waals surface area contributed by atoms with E-state index in [1.54, 1.807) is 6.92 Å². The van der Waals surface area contributed by atoms with Crippen molar-refractivity contribution >= 4 is 31.7 Å². The maximum Gasteiger partial charge on any atom is 0.238 e. The number of hydrogen-bond donors (Lipinski definition) is 1. The summed E-state index contributed by atoms with van der Waals surface area (Å²) in [5.74, 6) is -0.379. The molecule has 0 aromatic heterocycles. The first-order valence-electron chi connectivity index (χ1n) is 7.02. The Bertz CT molecular complexity index is 569. The molecule has 0 heterocycles. The predicted octanol–water partition coefficient (Wildman–Crippen LogP) is 2.71. The third-order valence-electron chi connectivity index (χ3n) is 3.24. The number of nitrogens with one attached hydrogen (secondary N) is 1. The SMILES string of the molecule is CCCS(=O)(=O)C(C)C(=O)NC(C)Cc1ccc(Br)cc1. The van der Waals surface area contributed by atoms with E-state index in [0.29, 0.717) is 12.8 Å². The molecule has 1 N–H and O–H groups in total. The second kappa shape index (κ2) is 7.94. The minimum atomic E-state index is -3.35. The number of amides is 1. The van der Waals surface area contributed by atoms with Crippen molar-refractivity contribution in [2.45, 2.75) is 44.9 Å². The van der Waals surface area contributed by atoms with Gasteiger partial charge in [0.15, 0.2) is 9.84 Å².